The molecule has 2 fully saturated rings. The van der Waals surface area contributed by atoms with Gasteiger partial charge in [0.2, 0.25) is 0 Å². The second-order valence-corrected chi connectivity index (χ2v) is 7.88. The number of carbonyl (C=O) groups excluding carboxylic acids is 3. The predicted octanol–water partition coefficient (Wildman–Crippen LogP) is 2.84. The van der Waals surface area contributed by atoms with Gasteiger partial charge in [0, 0.05) is 11.5 Å². The first kappa shape index (κ1) is 17.9. The van der Waals surface area contributed by atoms with Crippen molar-refractivity contribution >= 4 is 17.7 Å². The molecule has 0 unspecified atom stereocenters. The molecule has 0 aromatic rings. The highest BCUT2D eigenvalue weighted by Crippen LogP contribution is 2.54. The Balaban J connectivity index is 2.07. The van der Waals surface area contributed by atoms with Crippen molar-refractivity contribution < 1.29 is 23.9 Å². The molecule has 3 aliphatic rings. The summed E-state index contributed by atoms with van der Waals surface area (Å²) < 4.78 is 11.5. The lowest BCUT2D eigenvalue weighted by Crippen LogP contribution is -2.50. The average molecular weight is 346 g/mol. The van der Waals surface area contributed by atoms with Gasteiger partial charge in [-0.3, -0.25) is 9.59 Å². The van der Waals surface area contributed by atoms with E-state index in [1.54, 1.807) is 32.9 Å². The van der Waals surface area contributed by atoms with Gasteiger partial charge in [0.15, 0.2) is 5.78 Å². The summed E-state index contributed by atoms with van der Waals surface area (Å²) in [5, 5.41) is 0. The number of carbonyl (C=O) groups is 3. The van der Waals surface area contributed by atoms with Crippen molar-refractivity contribution in [3.8, 4) is 0 Å². The van der Waals surface area contributed by atoms with Crippen LogP contribution < -0.4 is 0 Å². The normalized spacial score (nSPS) is 43.3. The third kappa shape index (κ3) is 2.55. The maximum Gasteiger partial charge on any atom is 0.333 e. The summed E-state index contributed by atoms with van der Waals surface area (Å²) in [6.07, 6.45) is 4.91. The molecule has 1 saturated carbocycles. The van der Waals surface area contributed by atoms with Crippen LogP contribution in [-0.2, 0) is 23.9 Å². The van der Waals surface area contributed by atoms with Gasteiger partial charge in [-0.05, 0) is 45.1 Å². The Morgan fingerprint density at radius 3 is 2.68 bits per heavy atom. The van der Waals surface area contributed by atoms with Gasteiger partial charge >= 0.3 is 11.9 Å². The quantitative estimate of drug-likeness (QED) is 0.568. The lowest BCUT2D eigenvalue weighted by molar-refractivity contribution is -0.163. The molecule has 3 rings (SSSR count). The minimum absolute atomic E-state index is 0.0276. The molecule has 7 atom stereocenters. The molecule has 0 amide bonds. The van der Waals surface area contributed by atoms with Gasteiger partial charge in [0.05, 0.1) is 11.3 Å². The first-order valence-corrected chi connectivity index (χ1v) is 8.98. The number of allylic oxidation sites excluding steroid dienone is 3. The lowest BCUT2D eigenvalue weighted by Gasteiger charge is -2.40. The third-order valence-electron chi connectivity index (χ3n) is 6.47. The summed E-state index contributed by atoms with van der Waals surface area (Å²) in [5.74, 6) is -1.32. The summed E-state index contributed by atoms with van der Waals surface area (Å²) in [5.41, 5.74) is -0.365. The first-order valence-electron chi connectivity index (χ1n) is 8.98. The zero-order valence-corrected chi connectivity index (χ0v) is 15.4. The van der Waals surface area contributed by atoms with Crippen molar-refractivity contribution in [2.75, 3.05) is 0 Å². The molecule has 0 bridgehead atoms. The van der Waals surface area contributed by atoms with E-state index in [2.05, 4.69) is 6.92 Å². The van der Waals surface area contributed by atoms with Crippen LogP contribution in [0.15, 0.2) is 23.8 Å². The minimum atomic E-state index is -0.856. The van der Waals surface area contributed by atoms with Crippen molar-refractivity contribution in [3.05, 3.63) is 23.8 Å². The second-order valence-electron chi connectivity index (χ2n) is 7.88. The van der Waals surface area contributed by atoms with Crippen LogP contribution in [-0.4, -0.2) is 29.9 Å². The Kier molecular flexibility index (Phi) is 4.38. The van der Waals surface area contributed by atoms with E-state index in [1.165, 1.54) is 0 Å². The van der Waals surface area contributed by atoms with E-state index >= 15 is 0 Å². The van der Waals surface area contributed by atoms with Crippen LogP contribution in [0.4, 0.5) is 0 Å². The van der Waals surface area contributed by atoms with Crippen LogP contribution in [0.25, 0.3) is 0 Å². The fourth-order valence-electron chi connectivity index (χ4n) is 4.76. The lowest BCUT2D eigenvalue weighted by atomic mass is 9.66. The third-order valence-corrected chi connectivity index (χ3v) is 6.47. The highest BCUT2D eigenvalue weighted by atomic mass is 16.6. The summed E-state index contributed by atoms with van der Waals surface area (Å²) in [6, 6.07) is 0. The highest BCUT2D eigenvalue weighted by Gasteiger charge is 2.62. The number of ketones is 1. The molecule has 0 aromatic heterocycles. The molecule has 0 N–H and O–H groups in total. The molecule has 1 aliphatic heterocycles. The van der Waals surface area contributed by atoms with Crippen LogP contribution in [0.2, 0.25) is 0 Å². The fraction of sp³-hybridized carbons (Fsp3) is 0.650. The van der Waals surface area contributed by atoms with Gasteiger partial charge < -0.3 is 9.47 Å². The molecular formula is C20H26O5. The van der Waals surface area contributed by atoms with Crippen LogP contribution in [0.5, 0.6) is 0 Å². The molecule has 25 heavy (non-hydrogen) atoms. The molecule has 2 aliphatic carbocycles. The topological polar surface area (TPSA) is 69.7 Å². The number of ether oxygens (including phenoxy) is 2. The number of esters is 2. The predicted molar refractivity (Wildman–Crippen MR) is 91.4 cm³/mol. The largest absolute Gasteiger partial charge is 0.462 e. The van der Waals surface area contributed by atoms with Crippen molar-refractivity contribution in [3.63, 3.8) is 0 Å². The molecular weight excluding hydrogens is 320 g/mol. The fourth-order valence-corrected chi connectivity index (χ4v) is 4.76. The van der Waals surface area contributed by atoms with Crippen LogP contribution in [0.3, 0.4) is 0 Å². The molecule has 5 nitrogen and oxygen atoms in total. The van der Waals surface area contributed by atoms with Crippen LogP contribution in [0, 0.1) is 29.1 Å². The standard InChI is InChI=1S/C20H26O5/c1-6-10(2)18(22)25-17-16-12(4)19(23)24-14(16)9-11(3)13-7-8-15(21)20(13,17)5/h6-8,11-14,16-17H,9H2,1-5H3/b10-6-/t11-,12+,13+,14+,16-,17+,20+/m1/s1. The molecule has 0 radical (unpaired) electrons. The maximum absolute atomic E-state index is 12.8. The Bertz CT molecular complexity index is 676. The van der Waals surface area contributed by atoms with E-state index in [9.17, 15) is 14.4 Å². The Labute approximate surface area is 148 Å². The van der Waals surface area contributed by atoms with Gasteiger partial charge in [-0.25, -0.2) is 4.79 Å². The summed E-state index contributed by atoms with van der Waals surface area (Å²) >= 11 is 0. The smallest absolute Gasteiger partial charge is 0.333 e. The van der Waals surface area contributed by atoms with Gasteiger partial charge in [-0.15, -0.1) is 0 Å². The van der Waals surface area contributed by atoms with Crippen molar-refractivity contribution in [1.29, 1.82) is 0 Å². The number of rotatable bonds is 2. The van der Waals surface area contributed by atoms with E-state index in [0.717, 1.165) is 0 Å². The number of hydrogen-bond acceptors (Lipinski definition) is 5. The monoisotopic (exact) mass is 346 g/mol. The minimum Gasteiger partial charge on any atom is -0.462 e. The Morgan fingerprint density at radius 2 is 2.04 bits per heavy atom. The van der Waals surface area contributed by atoms with E-state index in [0.29, 0.717) is 12.0 Å². The Morgan fingerprint density at radius 1 is 1.36 bits per heavy atom. The molecule has 5 heteroatoms. The van der Waals surface area contributed by atoms with Gasteiger partial charge in [0.25, 0.3) is 0 Å². The summed E-state index contributed by atoms with van der Waals surface area (Å²) in [4.78, 5) is 37.5. The molecule has 136 valence electrons. The zero-order chi connectivity index (χ0) is 18.5. The van der Waals surface area contributed by atoms with Gasteiger partial charge in [-0.1, -0.05) is 26.0 Å². The van der Waals surface area contributed by atoms with Gasteiger partial charge in [0.1, 0.15) is 12.2 Å². The van der Waals surface area contributed by atoms with Gasteiger partial charge in [-0.2, -0.15) is 0 Å². The van der Waals surface area contributed by atoms with Crippen molar-refractivity contribution in [1.82, 2.24) is 0 Å². The zero-order valence-electron chi connectivity index (χ0n) is 15.4. The second kappa shape index (κ2) is 6.11. The average Bonchev–Trinajstić information content (AvgIpc) is 2.99. The van der Waals surface area contributed by atoms with Crippen LogP contribution >= 0.6 is 0 Å². The summed E-state index contributed by atoms with van der Waals surface area (Å²) in [7, 11) is 0. The number of hydrogen-bond donors (Lipinski definition) is 0. The molecule has 1 saturated heterocycles. The van der Waals surface area contributed by atoms with E-state index in [1.807, 2.05) is 13.0 Å². The Hall–Kier alpha value is -1.91. The maximum atomic E-state index is 12.8. The van der Waals surface area contributed by atoms with Crippen molar-refractivity contribution in [2.24, 2.45) is 29.1 Å². The van der Waals surface area contributed by atoms with E-state index < -0.39 is 23.4 Å². The SMILES string of the molecule is C/C=C(/C)C(=O)O[C@H]1[C@H]2[C@H](C[C@@H](C)[C@@H]3C=CC(=O)[C@]31C)OC(=O)[C@H]2C. The van der Waals surface area contributed by atoms with E-state index in [-0.39, 0.29) is 35.6 Å². The molecule has 1 heterocycles. The first-order chi connectivity index (χ1) is 11.7. The van der Waals surface area contributed by atoms with Crippen molar-refractivity contribution in [2.45, 2.75) is 53.2 Å². The molecule has 0 spiro atoms. The van der Waals surface area contributed by atoms with Crippen LogP contribution in [0.1, 0.15) is 41.0 Å². The number of fused-ring (bicyclic) bond motifs is 2. The molecule has 0 aromatic carbocycles. The van der Waals surface area contributed by atoms with E-state index in [4.69, 9.17) is 9.47 Å². The highest BCUT2D eigenvalue weighted by molar-refractivity contribution is 5.99. The summed E-state index contributed by atoms with van der Waals surface area (Å²) in [6.45, 7) is 9.20.